The fraction of sp³-hybridized carbons (Fsp3) is 0.750. The zero-order valence-corrected chi connectivity index (χ0v) is 6.11. The van der Waals surface area contributed by atoms with E-state index in [0.717, 1.165) is 0 Å². The minimum absolute atomic E-state index is 0.266. The number of carbonyl (C=O) groups is 1. The predicted octanol–water partition coefficient (Wildman–Crippen LogP) is 0.349. The second-order valence-corrected chi connectivity index (χ2v) is 6.32. The summed E-state index contributed by atoms with van der Waals surface area (Å²) in [7, 11) is -2.11. The third-order valence-electron chi connectivity index (χ3n) is 1.22. The minimum atomic E-state index is -2.11. The van der Waals surface area contributed by atoms with Crippen LogP contribution in [-0.4, -0.2) is 26.9 Å². The molecule has 0 bridgehead atoms. The van der Waals surface area contributed by atoms with Gasteiger partial charge in [-0.3, -0.25) is 4.39 Å². The Kier molecular flexibility index (Phi) is 1.44. The summed E-state index contributed by atoms with van der Waals surface area (Å²) in [6.07, 6.45) is -0.650. The topological polar surface area (TPSA) is 38.3 Å². The van der Waals surface area contributed by atoms with Crippen molar-refractivity contribution < 1.29 is 13.9 Å². The minimum Gasteiger partial charge on any atom is -0.451 e. The number of amides is 1. The lowest BCUT2D eigenvalue weighted by molar-refractivity contribution is 0.180. The molecular formula is C4H8FNO2Si. The van der Waals surface area contributed by atoms with E-state index >= 15 is 0 Å². The lowest BCUT2D eigenvalue weighted by atomic mass is 11.3. The summed E-state index contributed by atoms with van der Waals surface area (Å²) >= 11 is 0. The third-order valence-corrected chi connectivity index (χ3v) is 3.40. The highest BCUT2D eigenvalue weighted by molar-refractivity contribution is 6.79. The number of alkyl halides is 1. The van der Waals surface area contributed by atoms with Crippen LogP contribution in [-0.2, 0) is 4.74 Å². The van der Waals surface area contributed by atoms with Gasteiger partial charge in [0, 0.05) is 0 Å². The summed E-state index contributed by atoms with van der Waals surface area (Å²) in [6.45, 7) is 1.73. The van der Waals surface area contributed by atoms with Gasteiger partial charge >= 0.3 is 6.09 Å². The zero-order chi connectivity index (χ0) is 6.91. The Morgan fingerprint density at radius 2 is 2.67 bits per heavy atom. The lowest BCUT2D eigenvalue weighted by Crippen LogP contribution is -2.48. The maximum absolute atomic E-state index is 12.0. The van der Waals surface area contributed by atoms with Gasteiger partial charge in [0.2, 0.25) is 8.24 Å². The van der Waals surface area contributed by atoms with Crippen LogP contribution in [0.4, 0.5) is 9.18 Å². The molecule has 0 aromatic rings. The van der Waals surface area contributed by atoms with Gasteiger partial charge in [-0.1, -0.05) is 0 Å². The van der Waals surface area contributed by atoms with Gasteiger partial charge in [0.05, 0.1) is 0 Å². The number of hydrogen-bond donors (Lipinski definition) is 1. The summed E-state index contributed by atoms with van der Waals surface area (Å²) in [5, 5.41) is 0. The van der Waals surface area contributed by atoms with Gasteiger partial charge in [-0.05, 0) is 6.55 Å². The van der Waals surface area contributed by atoms with E-state index in [-0.39, 0.29) is 6.23 Å². The number of carbonyl (C=O) groups excluding carboxylic acids is 1. The fourth-order valence-electron chi connectivity index (χ4n) is 0.615. The summed E-state index contributed by atoms with van der Waals surface area (Å²) in [4.78, 5) is 12.8. The van der Waals surface area contributed by atoms with E-state index in [1.807, 2.05) is 0 Å². The molecule has 1 aliphatic rings. The molecule has 3 nitrogen and oxygen atoms in total. The van der Waals surface area contributed by atoms with Gasteiger partial charge in [-0.15, -0.1) is 0 Å². The molecule has 0 spiro atoms. The van der Waals surface area contributed by atoms with Gasteiger partial charge in [0.25, 0.3) is 0 Å². The molecule has 1 N–H and O–H groups in total. The smallest absolute Gasteiger partial charge is 0.399 e. The second kappa shape index (κ2) is 1.98. The van der Waals surface area contributed by atoms with Gasteiger partial charge < -0.3 is 9.72 Å². The third kappa shape index (κ3) is 1.21. The molecule has 1 heterocycles. The molecule has 0 saturated carbocycles. The quantitative estimate of drug-likeness (QED) is 0.546. The van der Waals surface area contributed by atoms with E-state index < -0.39 is 20.6 Å². The van der Waals surface area contributed by atoms with Crippen molar-refractivity contribution in [2.75, 3.05) is 12.5 Å². The van der Waals surface area contributed by atoms with Crippen molar-refractivity contribution >= 4 is 14.3 Å². The number of nitrogens with one attached hydrogen (secondary N) is 1. The van der Waals surface area contributed by atoms with Gasteiger partial charge in [0.15, 0.2) is 0 Å². The SMILES string of the molecule is C[Si@]1(CF)COC(=O)N1. The fourth-order valence-corrected chi connectivity index (χ4v) is 1.85. The summed E-state index contributed by atoms with van der Waals surface area (Å²) < 4.78 is 16.6. The van der Waals surface area contributed by atoms with E-state index in [1.165, 1.54) is 0 Å². The highest BCUT2D eigenvalue weighted by Crippen LogP contribution is 2.06. The summed E-state index contributed by atoms with van der Waals surface area (Å²) in [5.41, 5.74) is 0. The molecule has 1 atom stereocenters. The van der Waals surface area contributed by atoms with Crippen LogP contribution in [0, 0.1) is 0 Å². The molecule has 9 heavy (non-hydrogen) atoms. The monoisotopic (exact) mass is 149 g/mol. The van der Waals surface area contributed by atoms with Crippen LogP contribution in [0.25, 0.3) is 0 Å². The second-order valence-electron chi connectivity index (χ2n) is 2.40. The van der Waals surface area contributed by atoms with Crippen molar-refractivity contribution in [1.82, 2.24) is 4.98 Å². The first kappa shape index (κ1) is 6.54. The predicted molar refractivity (Wildman–Crippen MR) is 32.1 cm³/mol. The van der Waals surface area contributed by atoms with Crippen LogP contribution < -0.4 is 4.98 Å². The Bertz CT molecular complexity index is 143. The van der Waals surface area contributed by atoms with Crippen molar-refractivity contribution in [2.24, 2.45) is 0 Å². The number of cyclic esters (lactones) is 1. The average molecular weight is 149 g/mol. The van der Waals surface area contributed by atoms with E-state index in [0.29, 0.717) is 0 Å². The molecule has 0 aliphatic carbocycles. The summed E-state index contributed by atoms with van der Waals surface area (Å²) in [5.74, 6) is 0. The van der Waals surface area contributed by atoms with Crippen molar-refractivity contribution in [3.63, 3.8) is 0 Å². The van der Waals surface area contributed by atoms with Crippen LogP contribution in [0.15, 0.2) is 0 Å². The summed E-state index contributed by atoms with van der Waals surface area (Å²) in [6, 6.07) is 0. The molecule has 0 radical (unpaired) electrons. The van der Waals surface area contributed by atoms with Gasteiger partial charge in [-0.2, -0.15) is 0 Å². The van der Waals surface area contributed by atoms with Crippen molar-refractivity contribution in [1.29, 1.82) is 0 Å². The largest absolute Gasteiger partial charge is 0.451 e. The molecule has 1 rings (SSSR count). The van der Waals surface area contributed by atoms with E-state index in [2.05, 4.69) is 9.72 Å². The van der Waals surface area contributed by atoms with Crippen LogP contribution in [0.5, 0.6) is 0 Å². The van der Waals surface area contributed by atoms with Crippen LogP contribution in [0.3, 0.4) is 0 Å². The first-order valence-electron chi connectivity index (χ1n) is 2.67. The van der Waals surface area contributed by atoms with E-state index in [9.17, 15) is 9.18 Å². The maximum Gasteiger partial charge on any atom is 0.399 e. The Morgan fingerprint density at radius 3 is 2.89 bits per heavy atom. The highest BCUT2D eigenvalue weighted by Gasteiger charge is 2.38. The van der Waals surface area contributed by atoms with Gasteiger partial charge in [0.1, 0.15) is 12.5 Å². The Labute approximate surface area is 53.3 Å². The molecule has 0 unspecified atom stereocenters. The van der Waals surface area contributed by atoms with Crippen molar-refractivity contribution in [3.05, 3.63) is 0 Å². The first-order chi connectivity index (χ1) is 4.16. The number of hydrogen-bond acceptors (Lipinski definition) is 2. The highest BCUT2D eigenvalue weighted by atomic mass is 28.3. The normalized spacial score (nSPS) is 33.8. The van der Waals surface area contributed by atoms with Crippen molar-refractivity contribution in [3.8, 4) is 0 Å². The maximum atomic E-state index is 12.0. The van der Waals surface area contributed by atoms with Crippen LogP contribution in [0.2, 0.25) is 6.55 Å². The molecule has 1 saturated heterocycles. The van der Waals surface area contributed by atoms with Crippen LogP contribution in [0.1, 0.15) is 0 Å². The molecule has 1 aliphatic heterocycles. The van der Waals surface area contributed by atoms with Crippen molar-refractivity contribution in [2.45, 2.75) is 6.55 Å². The Morgan fingerprint density at radius 1 is 2.00 bits per heavy atom. The zero-order valence-electron chi connectivity index (χ0n) is 5.11. The molecule has 1 amide bonds. The average Bonchev–Trinajstić information content (AvgIpc) is 2.13. The molecular weight excluding hydrogens is 141 g/mol. The first-order valence-corrected chi connectivity index (χ1v) is 5.59. The molecule has 5 heteroatoms. The van der Waals surface area contributed by atoms with E-state index in [1.54, 1.807) is 6.55 Å². The van der Waals surface area contributed by atoms with Crippen LogP contribution >= 0.6 is 0 Å². The molecule has 0 aromatic carbocycles. The molecule has 52 valence electrons. The number of halogens is 1. The van der Waals surface area contributed by atoms with E-state index in [4.69, 9.17) is 0 Å². The Balaban J connectivity index is 2.54. The number of ether oxygens (including phenoxy) is 1. The molecule has 0 aromatic heterocycles. The Hall–Kier alpha value is -0.583. The molecule has 1 fully saturated rings. The standard InChI is InChI=1S/C4H8FNO2Si/c1-9(2-5)3-8-4(7)6-9/h2-3H2,1H3,(H,6,7)/t9-/m0/s1. The number of rotatable bonds is 1. The van der Waals surface area contributed by atoms with Gasteiger partial charge in [-0.25, -0.2) is 4.79 Å². The lowest BCUT2D eigenvalue weighted by Gasteiger charge is -2.10.